The number of ether oxygens (including phenoxy) is 1. The van der Waals surface area contributed by atoms with Crippen LogP contribution in [0, 0.1) is 6.92 Å². The Labute approximate surface area is 121 Å². The summed E-state index contributed by atoms with van der Waals surface area (Å²) in [5, 5.41) is 12.7. The van der Waals surface area contributed by atoms with Crippen molar-refractivity contribution in [1.29, 1.82) is 0 Å². The minimum Gasteiger partial charge on any atom is -0.493 e. The first kappa shape index (κ1) is 12.0. The third-order valence-electron chi connectivity index (χ3n) is 3.97. The van der Waals surface area contributed by atoms with Gasteiger partial charge in [-0.2, -0.15) is 0 Å². The lowest BCUT2D eigenvalue weighted by Gasteiger charge is -2.35. The predicted molar refractivity (Wildman–Crippen MR) is 77.0 cm³/mol. The molecule has 2 aromatic rings. The van der Waals surface area contributed by atoms with Gasteiger partial charge in [-0.15, -0.1) is 10.2 Å². The second kappa shape index (κ2) is 3.67. The van der Waals surface area contributed by atoms with Crippen LogP contribution in [0.25, 0.3) is 5.69 Å². The molecule has 0 atom stereocenters. The molecule has 0 aliphatic carbocycles. The minimum atomic E-state index is -0.296. The number of anilines is 1. The topological polar surface area (TPSA) is 52.0 Å². The van der Waals surface area contributed by atoms with Gasteiger partial charge >= 0.3 is 0 Å². The summed E-state index contributed by atoms with van der Waals surface area (Å²) >= 11 is 6.48. The molecule has 6 heteroatoms. The number of halogens is 1. The van der Waals surface area contributed by atoms with E-state index in [1.165, 1.54) is 5.56 Å². The van der Waals surface area contributed by atoms with Crippen LogP contribution >= 0.6 is 11.6 Å². The standard InChI is InChI=1S/C14H15ClN4O/c1-7-17-18-13-14(2,3)16-11-8-4-5-20-10(8)6-9(15)12(11)19(7)13/h6,16H,4-5H2,1-3H3. The molecule has 2 aliphatic rings. The lowest BCUT2D eigenvalue weighted by atomic mass is 9.97. The highest BCUT2D eigenvalue weighted by Gasteiger charge is 2.37. The summed E-state index contributed by atoms with van der Waals surface area (Å²) in [7, 11) is 0. The fourth-order valence-corrected chi connectivity index (χ4v) is 3.33. The molecule has 2 aliphatic heterocycles. The van der Waals surface area contributed by atoms with Crippen molar-refractivity contribution in [3.63, 3.8) is 0 Å². The van der Waals surface area contributed by atoms with E-state index < -0.39 is 0 Å². The van der Waals surface area contributed by atoms with Crippen LogP contribution < -0.4 is 10.1 Å². The highest BCUT2D eigenvalue weighted by molar-refractivity contribution is 6.33. The van der Waals surface area contributed by atoms with Gasteiger partial charge in [0.15, 0.2) is 5.82 Å². The van der Waals surface area contributed by atoms with E-state index in [1.54, 1.807) is 0 Å². The smallest absolute Gasteiger partial charge is 0.162 e. The number of rotatable bonds is 0. The molecule has 0 radical (unpaired) electrons. The summed E-state index contributed by atoms with van der Waals surface area (Å²) in [5.74, 6) is 2.60. The Kier molecular flexibility index (Phi) is 2.20. The Morgan fingerprint density at radius 2 is 2.20 bits per heavy atom. The highest BCUT2D eigenvalue weighted by Crippen LogP contribution is 2.47. The van der Waals surface area contributed by atoms with Gasteiger partial charge in [0.1, 0.15) is 11.6 Å². The van der Waals surface area contributed by atoms with Crippen LogP contribution in [0.1, 0.15) is 31.1 Å². The molecule has 0 saturated carbocycles. The molecule has 0 unspecified atom stereocenters. The molecule has 1 aromatic heterocycles. The number of aromatic nitrogens is 3. The summed E-state index contributed by atoms with van der Waals surface area (Å²) < 4.78 is 7.70. The van der Waals surface area contributed by atoms with Crippen LogP contribution in [-0.4, -0.2) is 21.4 Å². The Morgan fingerprint density at radius 1 is 1.40 bits per heavy atom. The lowest BCUT2D eigenvalue weighted by molar-refractivity contribution is 0.357. The van der Waals surface area contributed by atoms with Gasteiger partial charge in [0.2, 0.25) is 0 Å². The van der Waals surface area contributed by atoms with Gasteiger partial charge < -0.3 is 10.1 Å². The zero-order valence-corrected chi connectivity index (χ0v) is 12.4. The average molecular weight is 291 g/mol. The van der Waals surface area contributed by atoms with Crippen LogP contribution in [0.5, 0.6) is 5.75 Å². The Morgan fingerprint density at radius 3 is 3.00 bits per heavy atom. The van der Waals surface area contributed by atoms with E-state index in [1.807, 2.05) is 17.6 Å². The molecule has 0 fully saturated rings. The zero-order valence-electron chi connectivity index (χ0n) is 11.6. The number of aryl methyl sites for hydroxylation is 1. The monoisotopic (exact) mass is 290 g/mol. The molecular weight excluding hydrogens is 276 g/mol. The van der Waals surface area contributed by atoms with Crippen LogP contribution in [0.4, 0.5) is 5.69 Å². The lowest BCUT2D eigenvalue weighted by Crippen LogP contribution is -2.36. The number of hydrogen-bond donors (Lipinski definition) is 1. The Balaban J connectivity index is 2.11. The molecule has 1 aromatic carbocycles. The first-order valence-corrected chi connectivity index (χ1v) is 7.06. The molecule has 0 bridgehead atoms. The maximum Gasteiger partial charge on any atom is 0.162 e. The van der Waals surface area contributed by atoms with Crippen molar-refractivity contribution >= 4 is 17.3 Å². The summed E-state index contributed by atoms with van der Waals surface area (Å²) in [5.41, 5.74) is 2.88. The molecular formula is C14H15ClN4O. The number of fused-ring (bicyclic) bond motifs is 5. The number of benzene rings is 1. The number of hydrogen-bond acceptors (Lipinski definition) is 4. The number of nitrogens with zero attached hydrogens (tertiary/aromatic N) is 3. The molecule has 0 saturated heterocycles. The first-order chi connectivity index (χ1) is 9.49. The predicted octanol–water partition coefficient (Wildman–Crippen LogP) is 2.82. The van der Waals surface area contributed by atoms with E-state index in [2.05, 4.69) is 29.4 Å². The number of nitrogens with one attached hydrogen (secondary N) is 1. The van der Waals surface area contributed by atoms with E-state index in [0.29, 0.717) is 11.6 Å². The van der Waals surface area contributed by atoms with Gasteiger partial charge in [-0.1, -0.05) is 11.6 Å². The highest BCUT2D eigenvalue weighted by atomic mass is 35.5. The van der Waals surface area contributed by atoms with Crippen molar-refractivity contribution < 1.29 is 4.74 Å². The van der Waals surface area contributed by atoms with Gasteiger partial charge in [0.05, 0.1) is 28.5 Å². The molecule has 0 spiro atoms. The second-order valence-electron chi connectivity index (χ2n) is 5.81. The maximum atomic E-state index is 6.48. The second-order valence-corrected chi connectivity index (χ2v) is 6.22. The summed E-state index contributed by atoms with van der Waals surface area (Å²) in [6.07, 6.45) is 0.897. The van der Waals surface area contributed by atoms with Crippen LogP contribution in [0.15, 0.2) is 6.07 Å². The molecule has 1 N–H and O–H groups in total. The van der Waals surface area contributed by atoms with Crippen LogP contribution in [-0.2, 0) is 12.0 Å². The van der Waals surface area contributed by atoms with Gasteiger partial charge in [0, 0.05) is 18.1 Å². The first-order valence-electron chi connectivity index (χ1n) is 6.68. The van der Waals surface area contributed by atoms with Crippen molar-refractivity contribution in [2.75, 3.05) is 11.9 Å². The molecule has 104 valence electrons. The Bertz CT molecular complexity index is 735. The average Bonchev–Trinajstić information content (AvgIpc) is 2.96. The Hall–Kier alpha value is -1.75. The van der Waals surface area contributed by atoms with Crippen molar-refractivity contribution in [3.05, 3.63) is 28.3 Å². The van der Waals surface area contributed by atoms with E-state index in [9.17, 15) is 0 Å². The third-order valence-corrected chi connectivity index (χ3v) is 4.26. The van der Waals surface area contributed by atoms with E-state index in [0.717, 1.165) is 35.2 Å². The zero-order chi connectivity index (χ0) is 14.1. The van der Waals surface area contributed by atoms with Gasteiger partial charge in [-0.25, -0.2) is 0 Å². The van der Waals surface area contributed by atoms with Crippen molar-refractivity contribution in [1.82, 2.24) is 14.8 Å². The normalized spacial score (nSPS) is 17.8. The summed E-state index contributed by atoms with van der Waals surface area (Å²) in [6.45, 7) is 6.85. The summed E-state index contributed by atoms with van der Waals surface area (Å²) in [4.78, 5) is 0. The quantitative estimate of drug-likeness (QED) is 0.810. The van der Waals surface area contributed by atoms with Gasteiger partial charge in [-0.3, -0.25) is 4.57 Å². The van der Waals surface area contributed by atoms with Crippen molar-refractivity contribution in [3.8, 4) is 11.4 Å². The largest absolute Gasteiger partial charge is 0.493 e. The molecule has 3 heterocycles. The van der Waals surface area contributed by atoms with Crippen LogP contribution in [0.3, 0.4) is 0 Å². The maximum absolute atomic E-state index is 6.48. The molecule has 0 amide bonds. The van der Waals surface area contributed by atoms with Gasteiger partial charge in [0.25, 0.3) is 0 Å². The fourth-order valence-electron chi connectivity index (χ4n) is 3.05. The third kappa shape index (κ3) is 1.38. The van der Waals surface area contributed by atoms with Crippen LogP contribution in [0.2, 0.25) is 5.02 Å². The minimum absolute atomic E-state index is 0.296. The fraction of sp³-hybridized carbons (Fsp3) is 0.429. The molecule has 4 rings (SSSR count). The van der Waals surface area contributed by atoms with E-state index in [-0.39, 0.29) is 5.54 Å². The van der Waals surface area contributed by atoms with Crippen molar-refractivity contribution in [2.45, 2.75) is 32.7 Å². The van der Waals surface area contributed by atoms with Gasteiger partial charge in [-0.05, 0) is 20.8 Å². The SMILES string of the molecule is Cc1nnc2n1-c1c(Cl)cc3c(c1NC2(C)C)CCO3. The summed E-state index contributed by atoms with van der Waals surface area (Å²) in [6, 6.07) is 1.89. The van der Waals surface area contributed by atoms with Crippen molar-refractivity contribution in [2.24, 2.45) is 0 Å². The van der Waals surface area contributed by atoms with E-state index in [4.69, 9.17) is 16.3 Å². The van der Waals surface area contributed by atoms with E-state index >= 15 is 0 Å². The molecule has 5 nitrogen and oxygen atoms in total. The molecule has 20 heavy (non-hydrogen) atoms.